The van der Waals surface area contributed by atoms with Crippen LogP contribution in [0.5, 0.6) is 0 Å². The maximum absolute atomic E-state index is 0. The van der Waals surface area contributed by atoms with E-state index in [0.29, 0.717) is 0 Å². The van der Waals surface area contributed by atoms with E-state index in [2.05, 4.69) is 0 Å². The standard InChI is InChI=1S/2Al.Cr.3H2O.6H/h;;;3*1H2;;;;;;. The maximum Gasteiger partial charge on any atom is 0.187 e. The predicted octanol–water partition coefficient (Wildman–Crippen LogP) is -4.84. The Morgan fingerprint density at radius 2 is 0.500 bits per heavy atom. The average molecular weight is 166 g/mol. The van der Waals surface area contributed by atoms with Crippen molar-refractivity contribution in [3.63, 3.8) is 0 Å². The summed E-state index contributed by atoms with van der Waals surface area (Å²) in [6, 6.07) is 0. The second-order valence-electron chi connectivity index (χ2n) is 0. The fraction of sp³-hybridized carbons (Fsp3) is 0. The summed E-state index contributed by atoms with van der Waals surface area (Å²) in [4.78, 5) is 0. The van der Waals surface area contributed by atoms with Gasteiger partial charge in [0.15, 0.2) is 34.7 Å². The van der Waals surface area contributed by atoms with Crippen molar-refractivity contribution in [1.29, 1.82) is 0 Å². The summed E-state index contributed by atoms with van der Waals surface area (Å²) in [7, 11) is 0. The third-order valence-corrected chi connectivity index (χ3v) is 0. The van der Waals surface area contributed by atoms with E-state index in [0.717, 1.165) is 0 Å². The summed E-state index contributed by atoms with van der Waals surface area (Å²) in [5.74, 6) is 0. The molecule has 0 fully saturated rings. The molecule has 0 aromatic carbocycles. The zero-order valence-corrected chi connectivity index (χ0v) is 3.18. The van der Waals surface area contributed by atoms with Gasteiger partial charge >= 0.3 is 0 Å². The van der Waals surface area contributed by atoms with E-state index in [1.807, 2.05) is 0 Å². The molecule has 6 heteroatoms. The third kappa shape index (κ3) is 50.3. The molecule has 3 nitrogen and oxygen atoms in total. The van der Waals surface area contributed by atoms with Crippen molar-refractivity contribution in [2.24, 2.45) is 0 Å². The monoisotopic (exact) mass is 166 g/mol. The molecule has 0 spiro atoms. The molecule has 0 aliphatic heterocycles. The Morgan fingerprint density at radius 3 is 0.500 bits per heavy atom. The fourth-order valence-corrected chi connectivity index (χ4v) is 0. The van der Waals surface area contributed by atoms with Crippen LogP contribution in [0, 0.1) is 0 Å². The predicted molar refractivity (Wildman–Crippen MR) is 30.7 cm³/mol. The van der Waals surface area contributed by atoms with Gasteiger partial charge in [0.2, 0.25) is 0 Å². The van der Waals surface area contributed by atoms with Gasteiger partial charge < -0.3 is 16.4 Å². The van der Waals surface area contributed by atoms with Crippen molar-refractivity contribution in [2.75, 3.05) is 0 Å². The van der Waals surface area contributed by atoms with Gasteiger partial charge in [-0.2, -0.15) is 0 Å². The summed E-state index contributed by atoms with van der Waals surface area (Å²) in [6.45, 7) is 0. The molecule has 0 atom stereocenters. The zero-order chi connectivity index (χ0) is 0. The third-order valence-electron chi connectivity index (χ3n) is 0. The minimum absolute atomic E-state index is 0. The minimum atomic E-state index is 0. The Labute approximate surface area is 68.4 Å². The van der Waals surface area contributed by atoms with Crippen LogP contribution in [-0.2, 0) is 17.4 Å². The Bertz CT molecular complexity index is 8.75. The first-order chi connectivity index (χ1) is 0. The molecule has 0 saturated heterocycles. The van der Waals surface area contributed by atoms with Crippen LogP contribution >= 0.6 is 0 Å². The van der Waals surface area contributed by atoms with E-state index < -0.39 is 0 Å². The van der Waals surface area contributed by atoms with Crippen molar-refractivity contribution < 1.29 is 33.8 Å². The summed E-state index contributed by atoms with van der Waals surface area (Å²) < 4.78 is 0. The van der Waals surface area contributed by atoms with Crippen LogP contribution in [0.2, 0.25) is 0 Å². The molecule has 6 heavy (non-hydrogen) atoms. The van der Waals surface area contributed by atoms with E-state index in [1.54, 1.807) is 0 Å². The second kappa shape index (κ2) is 89.0. The molecule has 0 unspecified atom stereocenters. The summed E-state index contributed by atoms with van der Waals surface area (Å²) in [5.41, 5.74) is 0. The van der Waals surface area contributed by atoms with Crippen molar-refractivity contribution >= 4 is 34.7 Å². The first kappa shape index (κ1) is 144. The molecule has 6 N–H and O–H groups in total. The topological polar surface area (TPSA) is 94.5 Å². The van der Waals surface area contributed by atoms with E-state index in [1.165, 1.54) is 0 Å². The van der Waals surface area contributed by atoms with E-state index in [9.17, 15) is 0 Å². The SMILES string of the molecule is O.O.O.[AlH3].[AlH3].[Cr]. The summed E-state index contributed by atoms with van der Waals surface area (Å²) in [5, 5.41) is 0. The molecule has 0 aromatic heterocycles. The fourth-order valence-electron chi connectivity index (χ4n) is 0. The molecule has 0 aliphatic rings. The minimum Gasteiger partial charge on any atom is -0.412 e. The quantitative estimate of drug-likeness (QED) is 0.323. The van der Waals surface area contributed by atoms with Crippen molar-refractivity contribution in [1.82, 2.24) is 0 Å². The van der Waals surface area contributed by atoms with E-state index >= 15 is 0 Å². The molecule has 42 valence electrons. The van der Waals surface area contributed by atoms with Gasteiger partial charge in [-0.3, -0.25) is 0 Å². The van der Waals surface area contributed by atoms with Crippen molar-refractivity contribution in [3.8, 4) is 0 Å². The maximum atomic E-state index is 0. The van der Waals surface area contributed by atoms with Gasteiger partial charge in [0.1, 0.15) is 0 Å². The van der Waals surface area contributed by atoms with Gasteiger partial charge in [0, 0.05) is 17.4 Å². The zero-order valence-electron chi connectivity index (χ0n) is 1.91. The van der Waals surface area contributed by atoms with Gasteiger partial charge in [0.25, 0.3) is 0 Å². The number of hydrogen-bond acceptors (Lipinski definition) is 0. The van der Waals surface area contributed by atoms with E-state index in [-0.39, 0.29) is 68.5 Å². The van der Waals surface area contributed by atoms with Crippen LogP contribution in [0.1, 0.15) is 0 Å². The molecule has 0 aliphatic carbocycles. The Hall–Kier alpha value is 1.48. The molecule has 0 heterocycles. The molecular formula is H12Al2CrO3. The molecular weight excluding hydrogens is 154 g/mol. The van der Waals surface area contributed by atoms with Crippen molar-refractivity contribution in [2.45, 2.75) is 0 Å². The van der Waals surface area contributed by atoms with Gasteiger partial charge in [-0.1, -0.05) is 0 Å². The van der Waals surface area contributed by atoms with Crippen LogP contribution in [0.3, 0.4) is 0 Å². The van der Waals surface area contributed by atoms with Gasteiger partial charge in [-0.15, -0.1) is 0 Å². The smallest absolute Gasteiger partial charge is 0.187 e. The van der Waals surface area contributed by atoms with Crippen molar-refractivity contribution in [3.05, 3.63) is 0 Å². The molecule has 0 amide bonds. The molecule has 0 saturated carbocycles. The van der Waals surface area contributed by atoms with Crippen LogP contribution in [0.25, 0.3) is 0 Å². The van der Waals surface area contributed by atoms with Gasteiger partial charge in [-0.25, -0.2) is 0 Å². The van der Waals surface area contributed by atoms with Crippen LogP contribution in [0.4, 0.5) is 0 Å². The normalized spacial score (nSPS) is 0. The van der Waals surface area contributed by atoms with E-state index in [4.69, 9.17) is 0 Å². The molecule has 0 rings (SSSR count). The summed E-state index contributed by atoms with van der Waals surface area (Å²) >= 11 is 0. The average Bonchev–Trinajstić information content (AvgIpc) is 0. The largest absolute Gasteiger partial charge is 0.412 e. The van der Waals surface area contributed by atoms with Crippen LogP contribution in [-0.4, -0.2) is 51.2 Å². The second-order valence-corrected chi connectivity index (χ2v) is 0. The molecule has 0 aromatic rings. The first-order valence-electron chi connectivity index (χ1n) is 0. The van der Waals surface area contributed by atoms with Gasteiger partial charge in [-0.05, 0) is 0 Å². The van der Waals surface area contributed by atoms with Gasteiger partial charge in [0.05, 0.1) is 0 Å². The number of hydrogen-bond donors (Lipinski definition) is 0. The number of rotatable bonds is 0. The van der Waals surface area contributed by atoms with Crippen LogP contribution in [0.15, 0.2) is 0 Å². The first-order valence-corrected chi connectivity index (χ1v) is 0. The van der Waals surface area contributed by atoms with Crippen LogP contribution < -0.4 is 0 Å². The Kier molecular flexibility index (Phi) is 2130. The molecule has 0 radical (unpaired) electrons. The Morgan fingerprint density at radius 1 is 0.500 bits per heavy atom. The Balaban J connectivity index is 0. The molecule has 0 bridgehead atoms. The summed E-state index contributed by atoms with van der Waals surface area (Å²) in [6.07, 6.45) is 0.